The van der Waals surface area contributed by atoms with E-state index in [1.54, 1.807) is 24.3 Å². The number of benzene rings is 1. The molecule has 0 fully saturated rings. The number of aromatic nitrogens is 3. The number of anilines is 2. The number of hydrogen-bond donors (Lipinski definition) is 4. The minimum atomic E-state index is -3.55. The number of nitrogens with two attached hydrogens (primary N) is 1. The standard InChI is InChI=1S/C18H18FN7O3S/c1-30(27,28)26-16-10-23-18(24-17(16)21)13(20)8-15(14-6-7-29-25-14)22-9-11-4-2-3-5-12(11)19/h2-8,10,20,22,26H,9H2,1H3,(H2,21,23,24)/b15-8-,20-13?. The van der Waals surface area contributed by atoms with Gasteiger partial charge in [-0.3, -0.25) is 10.1 Å². The van der Waals surface area contributed by atoms with Gasteiger partial charge in [-0.05, 0) is 12.1 Å². The van der Waals surface area contributed by atoms with Crippen molar-refractivity contribution in [2.45, 2.75) is 6.54 Å². The molecular formula is C18H18FN7O3S. The summed E-state index contributed by atoms with van der Waals surface area (Å²) in [5.74, 6) is -0.546. The van der Waals surface area contributed by atoms with Crippen molar-refractivity contribution >= 4 is 32.9 Å². The van der Waals surface area contributed by atoms with Crippen LogP contribution >= 0.6 is 0 Å². The lowest BCUT2D eigenvalue weighted by Crippen LogP contribution is -2.16. The zero-order valence-corrected chi connectivity index (χ0v) is 16.6. The Balaban J connectivity index is 1.85. The highest BCUT2D eigenvalue weighted by Crippen LogP contribution is 2.17. The van der Waals surface area contributed by atoms with Gasteiger partial charge in [0.1, 0.15) is 29.2 Å². The van der Waals surface area contributed by atoms with E-state index in [-0.39, 0.29) is 35.4 Å². The molecule has 0 spiro atoms. The highest BCUT2D eigenvalue weighted by atomic mass is 32.2. The lowest BCUT2D eigenvalue weighted by Gasteiger charge is -2.11. The average Bonchev–Trinajstić information content (AvgIpc) is 3.21. The fourth-order valence-electron chi connectivity index (χ4n) is 2.41. The highest BCUT2D eigenvalue weighted by Gasteiger charge is 2.13. The molecule has 0 atom stereocenters. The molecule has 0 unspecified atom stereocenters. The zero-order valence-electron chi connectivity index (χ0n) is 15.8. The van der Waals surface area contributed by atoms with Crippen molar-refractivity contribution in [2.24, 2.45) is 0 Å². The third-order valence-electron chi connectivity index (χ3n) is 3.78. The molecule has 0 saturated heterocycles. The Bertz CT molecular complexity index is 1190. The van der Waals surface area contributed by atoms with E-state index in [4.69, 9.17) is 15.7 Å². The van der Waals surface area contributed by atoms with Gasteiger partial charge in [-0.15, -0.1) is 0 Å². The smallest absolute Gasteiger partial charge is 0.229 e. The second-order valence-electron chi connectivity index (χ2n) is 6.17. The van der Waals surface area contributed by atoms with Crippen molar-refractivity contribution in [3.05, 3.63) is 71.8 Å². The van der Waals surface area contributed by atoms with Crippen LogP contribution < -0.4 is 15.8 Å². The molecule has 10 nitrogen and oxygen atoms in total. The Morgan fingerprint density at radius 2 is 2.10 bits per heavy atom. The van der Waals surface area contributed by atoms with Gasteiger partial charge in [0.2, 0.25) is 10.0 Å². The number of nitrogens with zero attached hydrogens (tertiary/aromatic N) is 3. The lowest BCUT2D eigenvalue weighted by atomic mass is 10.2. The minimum Gasteiger partial charge on any atom is -0.382 e. The van der Waals surface area contributed by atoms with Crippen LogP contribution in [-0.4, -0.2) is 35.5 Å². The Morgan fingerprint density at radius 3 is 2.73 bits per heavy atom. The van der Waals surface area contributed by atoms with Crippen LogP contribution in [0.2, 0.25) is 0 Å². The van der Waals surface area contributed by atoms with E-state index in [1.165, 1.54) is 24.6 Å². The Morgan fingerprint density at radius 1 is 1.33 bits per heavy atom. The van der Waals surface area contributed by atoms with Crippen molar-refractivity contribution in [3.63, 3.8) is 0 Å². The van der Waals surface area contributed by atoms with E-state index >= 15 is 0 Å². The normalized spacial score (nSPS) is 11.9. The largest absolute Gasteiger partial charge is 0.382 e. The maximum Gasteiger partial charge on any atom is 0.229 e. The van der Waals surface area contributed by atoms with Crippen LogP contribution in [0.1, 0.15) is 17.1 Å². The number of nitrogen functional groups attached to an aromatic ring is 1. The molecule has 3 rings (SSSR count). The fourth-order valence-corrected chi connectivity index (χ4v) is 2.97. The molecule has 0 saturated carbocycles. The van der Waals surface area contributed by atoms with Crippen LogP contribution in [0.3, 0.4) is 0 Å². The monoisotopic (exact) mass is 431 g/mol. The summed E-state index contributed by atoms with van der Waals surface area (Å²) in [4.78, 5) is 7.93. The first-order chi connectivity index (χ1) is 14.2. The van der Waals surface area contributed by atoms with E-state index in [2.05, 4.69) is 25.2 Å². The number of nitrogens with one attached hydrogen (secondary N) is 3. The number of halogens is 1. The maximum atomic E-state index is 13.9. The number of sulfonamides is 1. The molecule has 12 heteroatoms. The number of rotatable bonds is 8. The van der Waals surface area contributed by atoms with E-state index in [0.717, 1.165) is 6.26 Å². The van der Waals surface area contributed by atoms with E-state index in [0.29, 0.717) is 17.0 Å². The predicted octanol–water partition coefficient (Wildman–Crippen LogP) is 1.76. The van der Waals surface area contributed by atoms with Gasteiger partial charge in [0.25, 0.3) is 0 Å². The molecular weight excluding hydrogens is 413 g/mol. The van der Waals surface area contributed by atoms with Gasteiger partial charge in [0, 0.05) is 18.2 Å². The molecule has 156 valence electrons. The molecule has 3 aromatic rings. The molecule has 5 N–H and O–H groups in total. The van der Waals surface area contributed by atoms with Crippen LogP contribution in [0.4, 0.5) is 15.9 Å². The summed E-state index contributed by atoms with van der Waals surface area (Å²) < 4.78 is 43.6. The highest BCUT2D eigenvalue weighted by molar-refractivity contribution is 7.92. The molecule has 30 heavy (non-hydrogen) atoms. The molecule has 0 aliphatic heterocycles. The molecule has 0 radical (unpaired) electrons. The zero-order chi connectivity index (χ0) is 21.7. The first-order valence-corrected chi connectivity index (χ1v) is 10.4. The van der Waals surface area contributed by atoms with Gasteiger partial charge in [0.05, 0.1) is 18.1 Å². The van der Waals surface area contributed by atoms with E-state index in [1.807, 2.05) is 0 Å². The fraction of sp³-hybridized carbons (Fsp3) is 0.111. The molecule has 0 bridgehead atoms. The third kappa shape index (κ3) is 5.38. The van der Waals surface area contributed by atoms with Crippen molar-refractivity contribution in [2.75, 3.05) is 16.7 Å². The summed E-state index contributed by atoms with van der Waals surface area (Å²) in [5.41, 5.74) is 6.82. The molecule has 0 aliphatic rings. The van der Waals surface area contributed by atoms with E-state index < -0.39 is 10.0 Å². The predicted molar refractivity (Wildman–Crippen MR) is 109 cm³/mol. The second-order valence-corrected chi connectivity index (χ2v) is 7.92. The van der Waals surface area contributed by atoms with Crippen LogP contribution in [0, 0.1) is 11.2 Å². The summed E-state index contributed by atoms with van der Waals surface area (Å²) in [6.45, 7) is 0.138. The minimum absolute atomic E-state index is 0.00688. The number of hydrogen-bond acceptors (Lipinski definition) is 9. The maximum absolute atomic E-state index is 13.9. The first-order valence-electron chi connectivity index (χ1n) is 8.52. The second kappa shape index (κ2) is 8.69. The summed E-state index contributed by atoms with van der Waals surface area (Å²) in [6, 6.07) is 7.85. The molecule has 2 heterocycles. The van der Waals surface area contributed by atoms with Crippen molar-refractivity contribution in [3.8, 4) is 0 Å². The number of allylic oxidation sites excluding steroid dienone is 1. The quantitative estimate of drug-likeness (QED) is 0.392. The van der Waals surface area contributed by atoms with Gasteiger partial charge < -0.3 is 15.6 Å². The van der Waals surface area contributed by atoms with Crippen LogP contribution in [-0.2, 0) is 16.6 Å². The van der Waals surface area contributed by atoms with Gasteiger partial charge in [-0.1, -0.05) is 23.4 Å². The molecule has 0 aliphatic carbocycles. The van der Waals surface area contributed by atoms with E-state index in [9.17, 15) is 12.8 Å². The van der Waals surface area contributed by atoms with Gasteiger partial charge in [-0.25, -0.2) is 22.8 Å². The molecule has 0 amide bonds. The summed E-state index contributed by atoms with van der Waals surface area (Å²) in [5, 5.41) is 15.1. The molecule has 1 aromatic carbocycles. The SMILES string of the molecule is CS(=O)(=O)Nc1cnc(C(=N)/C=C(\NCc2ccccc2F)c2ccon2)nc1N. The Kier molecular flexibility index (Phi) is 6.06. The first kappa shape index (κ1) is 20.9. The topological polar surface area (TPSA) is 160 Å². The van der Waals surface area contributed by atoms with Crippen molar-refractivity contribution in [1.29, 1.82) is 5.41 Å². The third-order valence-corrected chi connectivity index (χ3v) is 4.37. The molecule has 2 aromatic heterocycles. The van der Waals surface area contributed by atoms with Gasteiger partial charge in [-0.2, -0.15) is 0 Å². The average molecular weight is 431 g/mol. The lowest BCUT2D eigenvalue weighted by molar-refractivity contribution is 0.417. The summed E-state index contributed by atoms with van der Waals surface area (Å²) in [7, 11) is -3.55. The Hall–Kier alpha value is -3.80. The van der Waals surface area contributed by atoms with Crippen molar-refractivity contribution in [1.82, 2.24) is 20.4 Å². The van der Waals surface area contributed by atoms with Crippen LogP contribution in [0.5, 0.6) is 0 Å². The van der Waals surface area contributed by atoms with Gasteiger partial charge >= 0.3 is 0 Å². The van der Waals surface area contributed by atoms with Crippen LogP contribution in [0.15, 0.2) is 53.4 Å². The Labute approximate surface area is 171 Å². The van der Waals surface area contributed by atoms with Crippen LogP contribution in [0.25, 0.3) is 5.70 Å². The summed E-state index contributed by atoms with van der Waals surface area (Å²) in [6.07, 6.45) is 4.88. The summed E-state index contributed by atoms with van der Waals surface area (Å²) >= 11 is 0. The van der Waals surface area contributed by atoms with Gasteiger partial charge in [0.15, 0.2) is 11.6 Å². The van der Waals surface area contributed by atoms with Crippen molar-refractivity contribution < 1.29 is 17.3 Å².